The summed E-state index contributed by atoms with van der Waals surface area (Å²) >= 11 is 0. The van der Waals surface area contributed by atoms with Crippen LogP contribution in [0.2, 0.25) is 0 Å². The summed E-state index contributed by atoms with van der Waals surface area (Å²) in [7, 11) is -1.28. The van der Waals surface area contributed by atoms with E-state index in [-0.39, 0.29) is 36.4 Å². The van der Waals surface area contributed by atoms with Crippen molar-refractivity contribution in [3.63, 3.8) is 0 Å². The highest BCUT2D eigenvalue weighted by Crippen LogP contribution is 2.39. The monoisotopic (exact) mass is 491 g/mol. The second-order valence-corrected chi connectivity index (χ2v) is 10.1. The van der Waals surface area contributed by atoms with E-state index in [0.717, 1.165) is 19.1 Å². The van der Waals surface area contributed by atoms with Gasteiger partial charge < -0.3 is 19.7 Å². The third-order valence-electron chi connectivity index (χ3n) is 6.75. The number of hydrogen-bond donors (Lipinski definition) is 3. The van der Waals surface area contributed by atoms with Crippen molar-refractivity contribution < 1.29 is 26.8 Å². The van der Waals surface area contributed by atoms with Crippen molar-refractivity contribution in [1.82, 2.24) is 19.3 Å². The number of benzene rings is 1. The zero-order valence-electron chi connectivity index (χ0n) is 18.7. The lowest BCUT2D eigenvalue weighted by atomic mass is 10.1. The number of aliphatic hydroxyl groups excluding tert-OH is 1. The first-order valence-electron chi connectivity index (χ1n) is 11.0. The molecule has 5 atom stereocenters. The molecule has 2 heterocycles. The van der Waals surface area contributed by atoms with Crippen molar-refractivity contribution >= 4 is 27.2 Å². The average molecular weight is 492 g/mol. The summed E-state index contributed by atoms with van der Waals surface area (Å²) < 4.78 is 52.8. The number of aliphatic hydroxyl groups is 1. The first-order valence-corrected chi connectivity index (χ1v) is 12.4. The van der Waals surface area contributed by atoms with Gasteiger partial charge in [0.15, 0.2) is 5.82 Å². The number of hydrogen-bond acceptors (Lipinski definition) is 8. The molecule has 2 aliphatic rings. The van der Waals surface area contributed by atoms with Gasteiger partial charge in [0.25, 0.3) is 0 Å². The summed E-state index contributed by atoms with van der Waals surface area (Å²) in [5, 5.41) is 14.0. The molecule has 3 aromatic rings. The smallest absolute Gasteiger partial charge is 0.335 e. The van der Waals surface area contributed by atoms with Crippen molar-refractivity contribution in [2.24, 2.45) is 0 Å². The predicted octanol–water partition coefficient (Wildman–Crippen LogP) is 1.84. The number of nitrogens with zero attached hydrogens (tertiary/aromatic N) is 3. The number of ether oxygens (including phenoxy) is 1. The zero-order valence-corrected chi connectivity index (χ0v) is 19.5. The van der Waals surface area contributed by atoms with Gasteiger partial charge in [0.1, 0.15) is 17.8 Å². The van der Waals surface area contributed by atoms with Gasteiger partial charge in [-0.3, -0.25) is 4.18 Å². The van der Waals surface area contributed by atoms with Crippen molar-refractivity contribution in [2.75, 3.05) is 19.5 Å². The molecule has 5 rings (SSSR count). The molecule has 182 valence electrons. The minimum absolute atomic E-state index is 0.132. The Morgan fingerprint density at radius 2 is 2.00 bits per heavy atom. The van der Waals surface area contributed by atoms with Crippen LogP contribution in [0.5, 0.6) is 0 Å². The highest BCUT2D eigenvalue weighted by atomic mass is 32.2. The Balaban J connectivity index is 1.46. The van der Waals surface area contributed by atoms with Crippen LogP contribution in [0, 0.1) is 5.82 Å². The van der Waals surface area contributed by atoms with Crippen LogP contribution in [0.15, 0.2) is 36.8 Å². The number of fused-ring (bicyclic) bond motifs is 2. The van der Waals surface area contributed by atoms with Gasteiger partial charge in [-0.1, -0.05) is 24.3 Å². The van der Waals surface area contributed by atoms with Gasteiger partial charge >= 0.3 is 10.3 Å². The average Bonchev–Trinajstić information content (AvgIpc) is 3.47. The molecule has 0 spiro atoms. The summed E-state index contributed by atoms with van der Waals surface area (Å²) in [4.78, 5) is 8.62. The molecule has 1 saturated carbocycles. The van der Waals surface area contributed by atoms with E-state index in [9.17, 15) is 13.5 Å². The van der Waals surface area contributed by atoms with E-state index in [4.69, 9.17) is 4.74 Å². The summed E-state index contributed by atoms with van der Waals surface area (Å²) in [5.74, 6) is -0.158. The van der Waals surface area contributed by atoms with E-state index in [2.05, 4.69) is 30.3 Å². The molecule has 12 heteroatoms. The van der Waals surface area contributed by atoms with Gasteiger partial charge in [0, 0.05) is 25.8 Å². The third-order valence-corrected chi connectivity index (χ3v) is 7.78. The molecule has 1 fully saturated rings. The molecule has 0 radical (unpaired) electrons. The van der Waals surface area contributed by atoms with E-state index >= 15 is 4.39 Å². The van der Waals surface area contributed by atoms with Gasteiger partial charge in [-0.25, -0.2) is 14.4 Å². The normalized spacial score (nSPS) is 26.8. The number of anilines is 1. The Kier molecular flexibility index (Phi) is 6.02. The topological polar surface area (TPSA) is 128 Å². The van der Waals surface area contributed by atoms with E-state index in [1.54, 1.807) is 11.7 Å². The predicted molar refractivity (Wildman–Crippen MR) is 122 cm³/mol. The fourth-order valence-electron chi connectivity index (χ4n) is 5.10. The molecule has 2 aromatic heterocycles. The summed E-state index contributed by atoms with van der Waals surface area (Å²) in [5.41, 5.74) is 2.61. The van der Waals surface area contributed by atoms with Gasteiger partial charge in [-0.05, 0) is 24.0 Å². The molecule has 1 aromatic carbocycles. The van der Waals surface area contributed by atoms with E-state index in [1.165, 1.54) is 18.1 Å². The highest BCUT2D eigenvalue weighted by Gasteiger charge is 2.38. The van der Waals surface area contributed by atoms with Crippen LogP contribution in [-0.4, -0.2) is 60.5 Å². The van der Waals surface area contributed by atoms with Crippen molar-refractivity contribution in [3.8, 4) is 0 Å². The Morgan fingerprint density at radius 3 is 2.76 bits per heavy atom. The van der Waals surface area contributed by atoms with Crippen LogP contribution in [0.25, 0.3) is 11.0 Å². The van der Waals surface area contributed by atoms with Crippen LogP contribution in [0.3, 0.4) is 0 Å². The molecule has 0 bridgehead atoms. The largest absolute Gasteiger partial charge is 0.391 e. The lowest BCUT2D eigenvalue weighted by molar-refractivity contribution is 0.0959. The fourth-order valence-corrected chi connectivity index (χ4v) is 5.82. The van der Waals surface area contributed by atoms with Gasteiger partial charge in [0.2, 0.25) is 0 Å². The second-order valence-electron chi connectivity index (χ2n) is 8.64. The Hall–Kier alpha value is -2.64. The highest BCUT2D eigenvalue weighted by molar-refractivity contribution is 7.84. The molecule has 0 unspecified atom stereocenters. The molecule has 0 saturated heterocycles. The maximum Gasteiger partial charge on any atom is 0.335 e. The minimum atomic E-state index is -3.97. The molecule has 3 N–H and O–H groups in total. The molecule has 10 nitrogen and oxygen atoms in total. The van der Waals surface area contributed by atoms with Crippen LogP contribution in [0.4, 0.5) is 10.2 Å². The number of rotatable bonds is 7. The third kappa shape index (κ3) is 4.05. The van der Waals surface area contributed by atoms with Crippen molar-refractivity contribution in [3.05, 3.63) is 53.7 Å². The van der Waals surface area contributed by atoms with Gasteiger partial charge in [0.05, 0.1) is 36.8 Å². The number of methoxy groups -OCH3 is 1. The lowest BCUT2D eigenvalue weighted by Gasteiger charge is -2.22. The first-order chi connectivity index (χ1) is 16.3. The summed E-state index contributed by atoms with van der Waals surface area (Å²) in [6.07, 6.45) is 2.82. The summed E-state index contributed by atoms with van der Waals surface area (Å²) in [6.45, 7) is 0. The minimum Gasteiger partial charge on any atom is -0.391 e. The number of halogens is 1. The van der Waals surface area contributed by atoms with Gasteiger partial charge in [-0.2, -0.15) is 13.1 Å². The molecular weight excluding hydrogens is 465 g/mol. The first kappa shape index (κ1) is 23.1. The number of aromatic nitrogens is 3. The van der Waals surface area contributed by atoms with Crippen LogP contribution in [-0.2, 0) is 25.6 Å². The van der Waals surface area contributed by atoms with E-state index < -0.39 is 28.3 Å². The van der Waals surface area contributed by atoms with Gasteiger partial charge in [-0.15, -0.1) is 0 Å². The SMILES string of the molecule is CO[C@H]1Cc2ccccc2[C@H]1Nc1ncnc2c1c(F)cn2[C@@H]1C[C@H](NS(=O)(=O)OC)[C@@H](O)C1. The quantitative estimate of drug-likeness (QED) is 0.457. The maximum atomic E-state index is 15.2. The Labute approximate surface area is 196 Å². The molecule has 0 amide bonds. The lowest BCUT2D eigenvalue weighted by Crippen LogP contribution is -2.40. The van der Waals surface area contributed by atoms with Crippen molar-refractivity contribution in [1.29, 1.82) is 0 Å². The summed E-state index contributed by atoms with van der Waals surface area (Å²) in [6, 6.07) is 6.68. The van der Waals surface area contributed by atoms with E-state index in [1.807, 2.05) is 18.2 Å². The standard InChI is InChI=1S/C22H26FN5O5S/c1-32-18-7-12-5-3-4-6-14(12)20(18)26-21-19-15(23)10-28(22(19)25-11-24-21)13-8-16(17(29)9-13)27-34(30,31)33-2/h3-6,10-11,13,16-18,20,27,29H,7-9H2,1-2H3,(H,24,25,26)/t13-,16+,17+,18+,20-/m1/s1. The molecule has 34 heavy (non-hydrogen) atoms. The molecular formula is C22H26FN5O5S. The Morgan fingerprint density at radius 1 is 1.21 bits per heavy atom. The fraction of sp³-hybridized carbons (Fsp3) is 0.455. The maximum absolute atomic E-state index is 15.2. The molecule has 0 aliphatic heterocycles. The van der Waals surface area contributed by atoms with Crippen LogP contribution >= 0.6 is 0 Å². The van der Waals surface area contributed by atoms with Crippen LogP contribution in [0.1, 0.15) is 36.1 Å². The van der Waals surface area contributed by atoms with E-state index in [0.29, 0.717) is 11.5 Å². The van der Waals surface area contributed by atoms with Crippen molar-refractivity contribution in [2.45, 2.75) is 49.6 Å². The van der Waals surface area contributed by atoms with Crippen LogP contribution < -0.4 is 10.0 Å². The molecule has 2 aliphatic carbocycles. The zero-order chi connectivity index (χ0) is 24.0. The number of nitrogens with one attached hydrogen (secondary N) is 2. The second kappa shape index (κ2) is 8.86. The Bertz CT molecular complexity index is 1320.